The summed E-state index contributed by atoms with van der Waals surface area (Å²) in [5, 5.41) is 9.82. The van der Waals surface area contributed by atoms with Gasteiger partial charge in [0, 0.05) is 16.9 Å². The van der Waals surface area contributed by atoms with Crippen LogP contribution in [0.3, 0.4) is 0 Å². The number of methoxy groups -OCH3 is 1. The van der Waals surface area contributed by atoms with Gasteiger partial charge in [0.05, 0.1) is 19.1 Å². The van der Waals surface area contributed by atoms with Crippen LogP contribution in [-0.4, -0.2) is 23.2 Å². The number of benzene rings is 4. The Morgan fingerprint density at radius 2 is 1.70 bits per heavy atom. The fraction of sp³-hybridized carbons (Fsp3) is 0.0741. The van der Waals surface area contributed by atoms with Gasteiger partial charge in [-0.3, -0.25) is 0 Å². The molecule has 0 spiro atoms. The molecule has 4 aromatic carbocycles. The van der Waals surface area contributed by atoms with Gasteiger partial charge in [-0.15, -0.1) is 0 Å². The smallest absolute Gasteiger partial charge is 0.337 e. The number of esters is 1. The van der Waals surface area contributed by atoms with Crippen LogP contribution in [-0.2, 0) is 11.2 Å². The molecule has 0 radical (unpaired) electrons. The molecule has 6 nitrogen and oxygen atoms in total. The third kappa shape index (κ3) is 4.45. The molecule has 0 saturated carbocycles. The Hall–Kier alpha value is -4.45. The highest BCUT2D eigenvalue weighted by atomic mass is 16.5. The number of hydrogen-bond donors (Lipinski definition) is 1. The molecule has 0 amide bonds. The van der Waals surface area contributed by atoms with E-state index in [1.807, 2.05) is 48.5 Å². The summed E-state index contributed by atoms with van der Waals surface area (Å²) in [5.74, 6) is 0.748. The van der Waals surface area contributed by atoms with Crippen LogP contribution >= 0.6 is 0 Å². The standard InChI is InChI=1S/C27H21N3O3/c1-32-27(31)21-9-5-10-23(16-21)28-22-14-12-19(13-15-22)26-29-25(33-30-26)17-20-8-4-7-18-6-2-3-11-24(18)20/h2-16,28H,17H2,1H3. The van der Waals surface area contributed by atoms with Gasteiger partial charge in [-0.1, -0.05) is 53.7 Å². The number of carbonyl (C=O) groups is 1. The van der Waals surface area contributed by atoms with Gasteiger partial charge in [-0.2, -0.15) is 4.98 Å². The molecular formula is C27H21N3O3. The van der Waals surface area contributed by atoms with Crippen molar-refractivity contribution in [3.8, 4) is 11.4 Å². The highest BCUT2D eigenvalue weighted by Crippen LogP contribution is 2.24. The highest BCUT2D eigenvalue weighted by molar-refractivity contribution is 5.90. The second-order valence-corrected chi connectivity index (χ2v) is 7.60. The fourth-order valence-electron chi connectivity index (χ4n) is 3.76. The highest BCUT2D eigenvalue weighted by Gasteiger charge is 2.11. The van der Waals surface area contributed by atoms with Gasteiger partial charge in [0.15, 0.2) is 0 Å². The maximum absolute atomic E-state index is 11.7. The van der Waals surface area contributed by atoms with Crippen LogP contribution in [0.5, 0.6) is 0 Å². The zero-order valence-electron chi connectivity index (χ0n) is 18.0. The Labute approximate surface area is 190 Å². The minimum absolute atomic E-state index is 0.370. The van der Waals surface area contributed by atoms with Gasteiger partial charge in [-0.25, -0.2) is 4.79 Å². The van der Waals surface area contributed by atoms with Gasteiger partial charge in [0.1, 0.15) is 0 Å². The van der Waals surface area contributed by atoms with E-state index < -0.39 is 0 Å². The molecule has 1 N–H and O–H groups in total. The molecule has 6 heteroatoms. The number of ether oxygens (including phenoxy) is 1. The third-order valence-corrected chi connectivity index (χ3v) is 5.41. The summed E-state index contributed by atoms with van der Waals surface area (Å²) in [6.45, 7) is 0. The topological polar surface area (TPSA) is 77.2 Å². The molecular weight excluding hydrogens is 414 g/mol. The van der Waals surface area contributed by atoms with E-state index in [0.29, 0.717) is 23.7 Å². The lowest BCUT2D eigenvalue weighted by Gasteiger charge is -2.08. The van der Waals surface area contributed by atoms with Crippen molar-refractivity contribution in [3.63, 3.8) is 0 Å². The summed E-state index contributed by atoms with van der Waals surface area (Å²) in [6, 6.07) is 29.4. The molecule has 5 rings (SSSR count). The van der Waals surface area contributed by atoms with Gasteiger partial charge in [-0.05, 0) is 58.8 Å². The molecule has 0 aliphatic carbocycles. The number of hydrogen-bond acceptors (Lipinski definition) is 6. The van der Waals surface area contributed by atoms with Gasteiger partial charge in [0.2, 0.25) is 11.7 Å². The number of rotatable bonds is 6. The molecule has 0 fully saturated rings. The molecule has 33 heavy (non-hydrogen) atoms. The first-order chi connectivity index (χ1) is 16.2. The number of aromatic nitrogens is 2. The average molecular weight is 435 g/mol. The Morgan fingerprint density at radius 1 is 0.909 bits per heavy atom. The van der Waals surface area contributed by atoms with Crippen molar-refractivity contribution in [2.45, 2.75) is 6.42 Å². The fourth-order valence-corrected chi connectivity index (χ4v) is 3.76. The van der Waals surface area contributed by atoms with Crippen LogP contribution < -0.4 is 5.32 Å². The van der Waals surface area contributed by atoms with Crippen LogP contribution in [0.4, 0.5) is 11.4 Å². The lowest BCUT2D eigenvalue weighted by atomic mass is 10.0. The van der Waals surface area contributed by atoms with E-state index in [4.69, 9.17) is 9.26 Å². The van der Waals surface area contributed by atoms with Crippen molar-refractivity contribution in [1.82, 2.24) is 10.1 Å². The second-order valence-electron chi connectivity index (χ2n) is 7.60. The van der Waals surface area contributed by atoms with Crippen molar-refractivity contribution in [2.24, 2.45) is 0 Å². The summed E-state index contributed by atoms with van der Waals surface area (Å²) >= 11 is 0. The first-order valence-corrected chi connectivity index (χ1v) is 10.5. The van der Waals surface area contributed by atoms with Crippen molar-refractivity contribution >= 4 is 28.1 Å². The normalized spacial score (nSPS) is 10.8. The number of nitrogens with zero attached hydrogens (tertiary/aromatic N) is 2. The first-order valence-electron chi connectivity index (χ1n) is 10.5. The summed E-state index contributed by atoms with van der Waals surface area (Å²) < 4.78 is 10.3. The quantitative estimate of drug-likeness (QED) is 0.329. The molecule has 0 aliphatic heterocycles. The molecule has 1 heterocycles. The minimum Gasteiger partial charge on any atom is -0.465 e. The van der Waals surface area contributed by atoms with E-state index in [-0.39, 0.29) is 5.97 Å². The lowest BCUT2D eigenvalue weighted by molar-refractivity contribution is 0.0601. The average Bonchev–Trinajstić information content (AvgIpc) is 3.33. The second kappa shape index (κ2) is 8.96. The maximum atomic E-state index is 11.7. The number of carbonyl (C=O) groups excluding carboxylic acids is 1. The van der Waals surface area contributed by atoms with E-state index >= 15 is 0 Å². The van der Waals surface area contributed by atoms with Crippen molar-refractivity contribution in [3.05, 3.63) is 108 Å². The molecule has 5 aromatic rings. The largest absolute Gasteiger partial charge is 0.465 e. The Bertz CT molecular complexity index is 1420. The molecule has 0 bridgehead atoms. The number of fused-ring (bicyclic) bond motifs is 1. The van der Waals surface area contributed by atoms with Crippen LogP contribution in [0.2, 0.25) is 0 Å². The summed E-state index contributed by atoms with van der Waals surface area (Å²) in [5.41, 5.74) is 4.17. The minimum atomic E-state index is -0.370. The molecule has 1 aromatic heterocycles. The first kappa shape index (κ1) is 20.5. The summed E-state index contributed by atoms with van der Waals surface area (Å²) in [7, 11) is 1.37. The third-order valence-electron chi connectivity index (χ3n) is 5.41. The zero-order valence-corrected chi connectivity index (χ0v) is 18.0. The van der Waals surface area contributed by atoms with Crippen molar-refractivity contribution < 1.29 is 14.1 Å². The van der Waals surface area contributed by atoms with Gasteiger partial charge in [0.25, 0.3) is 0 Å². The lowest BCUT2D eigenvalue weighted by Crippen LogP contribution is -2.01. The van der Waals surface area contributed by atoms with E-state index in [1.54, 1.807) is 18.2 Å². The van der Waals surface area contributed by atoms with E-state index in [2.05, 4.69) is 39.7 Å². The van der Waals surface area contributed by atoms with Crippen molar-refractivity contribution in [2.75, 3.05) is 12.4 Å². The predicted molar refractivity (Wildman–Crippen MR) is 128 cm³/mol. The maximum Gasteiger partial charge on any atom is 0.337 e. The van der Waals surface area contributed by atoms with E-state index in [1.165, 1.54) is 17.9 Å². The SMILES string of the molecule is COC(=O)c1cccc(Nc2ccc(-c3noc(Cc4cccc5ccccc45)n3)cc2)c1. The summed E-state index contributed by atoms with van der Waals surface area (Å²) in [4.78, 5) is 16.3. The molecule has 0 saturated heterocycles. The zero-order chi connectivity index (χ0) is 22.6. The van der Waals surface area contributed by atoms with Crippen LogP contribution in [0.15, 0.2) is 95.5 Å². The number of anilines is 2. The summed E-state index contributed by atoms with van der Waals surface area (Å²) in [6.07, 6.45) is 0.574. The Balaban J connectivity index is 1.31. The number of nitrogens with one attached hydrogen (secondary N) is 1. The predicted octanol–water partition coefficient (Wildman–Crippen LogP) is 6.01. The Morgan fingerprint density at radius 3 is 2.55 bits per heavy atom. The molecule has 0 unspecified atom stereocenters. The molecule has 0 atom stereocenters. The van der Waals surface area contributed by atoms with Crippen molar-refractivity contribution in [1.29, 1.82) is 0 Å². The monoisotopic (exact) mass is 435 g/mol. The van der Waals surface area contributed by atoms with Gasteiger partial charge < -0.3 is 14.6 Å². The van der Waals surface area contributed by atoms with Gasteiger partial charge >= 0.3 is 5.97 Å². The molecule has 0 aliphatic rings. The van der Waals surface area contributed by atoms with E-state index in [9.17, 15) is 4.79 Å². The van der Waals surface area contributed by atoms with Crippen LogP contribution in [0.25, 0.3) is 22.2 Å². The van der Waals surface area contributed by atoms with Crippen LogP contribution in [0.1, 0.15) is 21.8 Å². The van der Waals surface area contributed by atoms with Crippen LogP contribution in [0, 0.1) is 0 Å². The Kier molecular flexibility index (Phi) is 5.55. The van der Waals surface area contributed by atoms with E-state index in [0.717, 1.165) is 22.5 Å². The molecule has 162 valence electrons.